The fraction of sp³-hybridized carbons (Fsp3) is 0.0588. The molecule has 4 rings (SSSR count). The van der Waals surface area contributed by atoms with Gasteiger partial charge in [-0.2, -0.15) is 15.3 Å². The molecule has 4 aromatic heterocycles. The Balaban J connectivity index is 1.59. The van der Waals surface area contributed by atoms with Gasteiger partial charge < -0.3 is 11.1 Å². The van der Waals surface area contributed by atoms with Gasteiger partial charge in [-0.3, -0.25) is 4.79 Å². The largest absolute Gasteiger partial charge is 0.397 e. The van der Waals surface area contributed by atoms with Crippen molar-refractivity contribution < 1.29 is 4.79 Å². The highest BCUT2D eigenvalue weighted by molar-refractivity contribution is 6.34. The zero-order chi connectivity index (χ0) is 20.5. The van der Waals surface area contributed by atoms with E-state index >= 15 is 0 Å². The Morgan fingerprint density at radius 3 is 2.55 bits per heavy atom. The number of aromatic nitrogens is 7. The van der Waals surface area contributed by atoms with E-state index in [1.165, 1.54) is 40.5 Å². The van der Waals surface area contributed by atoms with Crippen LogP contribution in [0.2, 0.25) is 10.0 Å². The number of carbonyl (C=O) groups excluding carboxylic acids is 1. The number of nitrogen functional groups attached to an aromatic ring is 1. The van der Waals surface area contributed by atoms with Crippen LogP contribution in [0.15, 0.2) is 43.1 Å². The maximum atomic E-state index is 12.7. The van der Waals surface area contributed by atoms with E-state index in [1.54, 1.807) is 19.1 Å². The van der Waals surface area contributed by atoms with E-state index < -0.39 is 5.91 Å². The molecule has 29 heavy (non-hydrogen) atoms. The molecule has 0 aliphatic heterocycles. The summed E-state index contributed by atoms with van der Waals surface area (Å²) in [5, 5.41) is 15.4. The number of carbonyl (C=O) groups is 1. The SMILES string of the molecule is Cc1c(C(=O)Nc2cnc(-n3nccn3)c(Cl)c2)cnn1-c1nccc(N)c1Cl. The van der Waals surface area contributed by atoms with Crippen molar-refractivity contribution in [3.8, 4) is 11.6 Å². The summed E-state index contributed by atoms with van der Waals surface area (Å²) in [4.78, 5) is 22.4. The minimum Gasteiger partial charge on any atom is -0.397 e. The number of hydrogen-bond acceptors (Lipinski definition) is 7. The van der Waals surface area contributed by atoms with Crippen molar-refractivity contribution in [2.24, 2.45) is 0 Å². The molecule has 0 atom stereocenters. The molecule has 0 unspecified atom stereocenters. The minimum atomic E-state index is -0.392. The van der Waals surface area contributed by atoms with Crippen molar-refractivity contribution in [2.45, 2.75) is 6.92 Å². The Kier molecular flexibility index (Phi) is 4.87. The molecule has 1 amide bonds. The number of rotatable bonds is 4. The molecule has 0 saturated carbocycles. The smallest absolute Gasteiger partial charge is 0.259 e. The van der Waals surface area contributed by atoms with Crippen LogP contribution in [0.1, 0.15) is 16.1 Å². The van der Waals surface area contributed by atoms with Gasteiger partial charge in [0.2, 0.25) is 0 Å². The highest BCUT2D eigenvalue weighted by atomic mass is 35.5. The molecule has 146 valence electrons. The highest BCUT2D eigenvalue weighted by Crippen LogP contribution is 2.26. The van der Waals surface area contributed by atoms with E-state index in [4.69, 9.17) is 28.9 Å². The van der Waals surface area contributed by atoms with Crippen LogP contribution in [0, 0.1) is 6.92 Å². The van der Waals surface area contributed by atoms with Crippen molar-refractivity contribution >= 4 is 40.5 Å². The van der Waals surface area contributed by atoms with Gasteiger partial charge in [0.25, 0.3) is 5.91 Å². The second-order valence-electron chi connectivity index (χ2n) is 5.90. The predicted octanol–water partition coefficient (Wildman–Crippen LogP) is 2.69. The lowest BCUT2D eigenvalue weighted by Gasteiger charge is -2.09. The molecule has 0 saturated heterocycles. The first-order valence-corrected chi connectivity index (χ1v) is 9.00. The van der Waals surface area contributed by atoms with Gasteiger partial charge >= 0.3 is 0 Å². The van der Waals surface area contributed by atoms with Crippen molar-refractivity contribution in [1.29, 1.82) is 0 Å². The number of nitrogens with one attached hydrogen (secondary N) is 1. The van der Waals surface area contributed by atoms with Crippen LogP contribution in [0.25, 0.3) is 11.6 Å². The summed E-state index contributed by atoms with van der Waals surface area (Å²) >= 11 is 12.4. The number of amides is 1. The van der Waals surface area contributed by atoms with Crippen LogP contribution in [-0.4, -0.2) is 40.6 Å². The van der Waals surface area contributed by atoms with Crippen LogP contribution in [0.3, 0.4) is 0 Å². The lowest BCUT2D eigenvalue weighted by Crippen LogP contribution is -2.14. The molecule has 3 N–H and O–H groups in total. The molecular weight excluding hydrogens is 417 g/mol. The number of nitrogens with zero attached hydrogens (tertiary/aromatic N) is 7. The van der Waals surface area contributed by atoms with E-state index in [0.29, 0.717) is 34.3 Å². The normalized spacial score (nSPS) is 10.9. The van der Waals surface area contributed by atoms with Crippen LogP contribution in [0.5, 0.6) is 0 Å². The third-order valence-electron chi connectivity index (χ3n) is 4.04. The van der Waals surface area contributed by atoms with Gasteiger partial charge in [0.05, 0.1) is 52.4 Å². The Labute approximate surface area is 174 Å². The Morgan fingerprint density at radius 2 is 1.83 bits per heavy atom. The Morgan fingerprint density at radius 1 is 1.07 bits per heavy atom. The fourth-order valence-corrected chi connectivity index (χ4v) is 3.04. The summed E-state index contributed by atoms with van der Waals surface area (Å²) in [5.74, 6) is 0.293. The van der Waals surface area contributed by atoms with Gasteiger partial charge in [-0.1, -0.05) is 23.2 Å². The van der Waals surface area contributed by atoms with E-state index in [2.05, 4.69) is 30.6 Å². The first kappa shape index (κ1) is 18.8. The van der Waals surface area contributed by atoms with Gasteiger partial charge in [-0.05, 0) is 19.1 Å². The molecule has 0 spiro atoms. The molecule has 10 nitrogen and oxygen atoms in total. The quantitative estimate of drug-likeness (QED) is 0.509. The highest BCUT2D eigenvalue weighted by Gasteiger charge is 2.19. The van der Waals surface area contributed by atoms with Gasteiger partial charge in [0, 0.05) is 6.20 Å². The summed E-state index contributed by atoms with van der Waals surface area (Å²) in [6.45, 7) is 1.72. The number of nitrogens with two attached hydrogens (primary N) is 1. The Hall–Kier alpha value is -3.50. The molecular formula is C17H13Cl2N9O. The lowest BCUT2D eigenvalue weighted by molar-refractivity contribution is 0.102. The number of hydrogen-bond donors (Lipinski definition) is 2. The fourth-order valence-electron chi connectivity index (χ4n) is 2.61. The number of anilines is 2. The van der Waals surface area contributed by atoms with E-state index in [0.717, 1.165) is 0 Å². The summed E-state index contributed by atoms with van der Waals surface area (Å²) < 4.78 is 1.45. The van der Waals surface area contributed by atoms with Crippen molar-refractivity contribution in [2.75, 3.05) is 11.1 Å². The predicted molar refractivity (Wildman–Crippen MR) is 108 cm³/mol. The van der Waals surface area contributed by atoms with Crippen LogP contribution in [0.4, 0.5) is 11.4 Å². The molecule has 0 aliphatic rings. The van der Waals surface area contributed by atoms with Crippen LogP contribution in [-0.2, 0) is 0 Å². The van der Waals surface area contributed by atoms with Crippen LogP contribution >= 0.6 is 23.2 Å². The van der Waals surface area contributed by atoms with Crippen molar-refractivity contribution in [1.82, 2.24) is 34.7 Å². The summed E-state index contributed by atoms with van der Waals surface area (Å²) in [6, 6.07) is 3.14. The second-order valence-corrected chi connectivity index (χ2v) is 6.68. The topological polar surface area (TPSA) is 129 Å². The molecule has 0 bridgehead atoms. The summed E-state index contributed by atoms with van der Waals surface area (Å²) in [5.41, 5.74) is 7.46. The second kappa shape index (κ2) is 7.49. The average Bonchev–Trinajstić information content (AvgIpc) is 3.34. The maximum absolute atomic E-state index is 12.7. The standard InChI is InChI=1S/C17H13Cl2N9O/c1-9-11(8-25-27(9)16-14(19)13(20)2-3-21-16)17(29)26-10-6-12(18)15(22-7-10)28-23-4-5-24-28/h2-8H,1H3,(H2,20,21)(H,26,29). The van der Waals surface area contributed by atoms with Crippen LogP contribution < -0.4 is 11.1 Å². The van der Waals surface area contributed by atoms with Crippen molar-refractivity contribution in [3.05, 3.63) is 64.4 Å². The molecule has 4 heterocycles. The molecule has 0 aromatic carbocycles. The Bertz CT molecular complexity index is 1200. The first-order valence-electron chi connectivity index (χ1n) is 8.24. The molecule has 0 fully saturated rings. The molecule has 0 aliphatic carbocycles. The van der Waals surface area contributed by atoms with Crippen molar-refractivity contribution in [3.63, 3.8) is 0 Å². The summed E-state index contributed by atoms with van der Waals surface area (Å²) in [7, 11) is 0. The molecule has 4 aromatic rings. The molecule has 0 radical (unpaired) electrons. The number of halogens is 2. The number of pyridine rings is 2. The van der Waals surface area contributed by atoms with Gasteiger partial charge in [-0.25, -0.2) is 14.6 Å². The van der Waals surface area contributed by atoms with Gasteiger partial charge in [0.1, 0.15) is 5.02 Å². The lowest BCUT2D eigenvalue weighted by atomic mass is 10.2. The maximum Gasteiger partial charge on any atom is 0.259 e. The third kappa shape index (κ3) is 3.50. The van der Waals surface area contributed by atoms with Gasteiger partial charge in [0.15, 0.2) is 11.6 Å². The average molecular weight is 430 g/mol. The zero-order valence-corrected chi connectivity index (χ0v) is 16.4. The van der Waals surface area contributed by atoms with Gasteiger partial charge in [-0.15, -0.1) is 4.80 Å². The van der Waals surface area contributed by atoms with E-state index in [9.17, 15) is 4.79 Å². The van der Waals surface area contributed by atoms with E-state index in [1.807, 2.05) is 0 Å². The zero-order valence-electron chi connectivity index (χ0n) is 14.9. The third-order valence-corrected chi connectivity index (χ3v) is 4.71. The van der Waals surface area contributed by atoms with E-state index in [-0.39, 0.29) is 10.0 Å². The molecule has 12 heteroatoms. The first-order chi connectivity index (χ1) is 14.0. The monoisotopic (exact) mass is 429 g/mol. The summed E-state index contributed by atoms with van der Waals surface area (Å²) in [6.07, 6.45) is 7.41. The minimum absolute atomic E-state index is 0.254.